The van der Waals surface area contributed by atoms with E-state index >= 15 is 0 Å². The Labute approximate surface area is 187 Å². The van der Waals surface area contributed by atoms with Crippen molar-refractivity contribution in [3.63, 3.8) is 0 Å². The number of hydrogen-bond acceptors (Lipinski definition) is 4. The zero-order valence-electron chi connectivity index (χ0n) is 17.6. The minimum absolute atomic E-state index is 0. The van der Waals surface area contributed by atoms with Gasteiger partial charge in [0, 0.05) is 45.5 Å². The molecule has 0 heterocycles. The molecule has 0 unspecified atom stereocenters. The van der Waals surface area contributed by atoms with Gasteiger partial charge < -0.3 is 25.0 Å². The first-order chi connectivity index (χ1) is 13.2. The van der Waals surface area contributed by atoms with E-state index in [2.05, 4.69) is 35.6 Å². The van der Waals surface area contributed by atoms with Crippen molar-refractivity contribution in [2.45, 2.75) is 32.7 Å². The van der Waals surface area contributed by atoms with E-state index in [-0.39, 0.29) is 24.0 Å². The van der Waals surface area contributed by atoms with E-state index in [1.54, 1.807) is 7.11 Å². The van der Waals surface area contributed by atoms with Crippen molar-refractivity contribution < 1.29 is 9.47 Å². The Hall–Kier alpha value is -1.06. The fourth-order valence-corrected chi connectivity index (χ4v) is 2.73. The van der Waals surface area contributed by atoms with Crippen molar-refractivity contribution in [1.82, 2.24) is 15.5 Å². The smallest absolute Gasteiger partial charge is 0.191 e. The van der Waals surface area contributed by atoms with Crippen LogP contribution >= 0.6 is 24.0 Å². The standard InChI is InChI=1S/C21H36N4O2.HI/c1-4-22-21(23-12-14-25(2)13-7-15-26-3)24-16-19-8-5-6-9-20(19)27-17-18-10-11-18;/h5-6,8-9,18H,4,7,10-17H2,1-3H3,(H2,22,23,24);1H. The van der Waals surface area contributed by atoms with Crippen LogP contribution in [0.4, 0.5) is 0 Å². The van der Waals surface area contributed by atoms with E-state index in [4.69, 9.17) is 14.5 Å². The molecular formula is C21H37IN4O2. The molecule has 1 aromatic rings. The molecule has 0 aromatic heterocycles. The Bertz CT molecular complexity index is 567. The summed E-state index contributed by atoms with van der Waals surface area (Å²) in [7, 11) is 3.88. The lowest BCUT2D eigenvalue weighted by atomic mass is 10.2. The Morgan fingerprint density at radius 1 is 1.21 bits per heavy atom. The van der Waals surface area contributed by atoms with Gasteiger partial charge in [-0.2, -0.15) is 0 Å². The molecule has 2 N–H and O–H groups in total. The number of ether oxygens (including phenoxy) is 2. The van der Waals surface area contributed by atoms with Gasteiger partial charge in [-0.15, -0.1) is 24.0 Å². The summed E-state index contributed by atoms with van der Waals surface area (Å²) in [6.45, 7) is 8.04. The molecule has 2 rings (SSSR count). The first-order valence-electron chi connectivity index (χ1n) is 10.1. The Kier molecular flexibility index (Phi) is 13.3. The lowest BCUT2D eigenvalue weighted by Gasteiger charge is -2.18. The van der Waals surface area contributed by atoms with Crippen molar-refractivity contribution in [2.75, 3.05) is 53.6 Å². The van der Waals surface area contributed by atoms with Crippen LogP contribution in [0.3, 0.4) is 0 Å². The molecule has 160 valence electrons. The number of benzene rings is 1. The number of hydrogen-bond donors (Lipinski definition) is 2. The largest absolute Gasteiger partial charge is 0.493 e. The molecule has 0 radical (unpaired) electrons. The van der Waals surface area contributed by atoms with Crippen LogP contribution in [0.15, 0.2) is 29.3 Å². The second-order valence-electron chi connectivity index (χ2n) is 7.13. The van der Waals surface area contributed by atoms with Gasteiger partial charge in [0.25, 0.3) is 0 Å². The molecule has 0 spiro atoms. The van der Waals surface area contributed by atoms with Crippen molar-refractivity contribution >= 4 is 29.9 Å². The SMILES string of the molecule is CCNC(=NCc1ccccc1OCC1CC1)NCCN(C)CCCOC.I. The fraction of sp³-hybridized carbons (Fsp3) is 0.667. The van der Waals surface area contributed by atoms with Gasteiger partial charge in [0.15, 0.2) is 5.96 Å². The van der Waals surface area contributed by atoms with Crippen LogP contribution in [-0.2, 0) is 11.3 Å². The third kappa shape index (κ3) is 10.5. The molecule has 1 saturated carbocycles. The number of guanidine groups is 1. The maximum absolute atomic E-state index is 5.99. The van der Waals surface area contributed by atoms with Crippen LogP contribution in [0.5, 0.6) is 5.75 Å². The lowest BCUT2D eigenvalue weighted by molar-refractivity contribution is 0.180. The number of para-hydroxylation sites is 1. The molecule has 1 aliphatic rings. The number of likely N-dealkylation sites (N-methyl/N-ethyl adjacent to an activating group) is 1. The van der Waals surface area contributed by atoms with Gasteiger partial charge in [-0.25, -0.2) is 4.99 Å². The topological polar surface area (TPSA) is 58.1 Å². The summed E-state index contributed by atoms with van der Waals surface area (Å²) in [5, 5.41) is 6.74. The Morgan fingerprint density at radius 3 is 2.71 bits per heavy atom. The van der Waals surface area contributed by atoms with E-state index in [9.17, 15) is 0 Å². The predicted octanol–water partition coefficient (Wildman–Crippen LogP) is 3.12. The van der Waals surface area contributed by atoms with Gasteiger partial charge in [-0.3, -0.25) is 0 Å². The summed E-state index contributed by atoms with van der Waals surface area (Å²) in [6.07, 6.45) is 3.66. The van der Waals surface area contributed by atoms with Gasteiger partial charge >= 0.3 is 0 Å². The van der Waals surface area contributed by atoms with Crippen molar-refractivity contribution in [2.24, 2.45) is 10.9 Å². The van der Waals surface area contributed by atoms with Crippen molar-refractivity contribution in [1.29, 1.82) is 0 Å². The molecule has 1 fully saturated rings. The summed E-state index contributed by atoms with van der Waals surface area (Å²) >= 11 is 0. The Balaban J connectivity index is 0.00000392. The zero-order valence-corrected chi connectivity index (χ0v) is 19.9. The Morgan fingerprint density at radius 2 is 2.00 bits per heavy atom. The predicted molar refractivity (Wildman–Crippen MR) is 127 cm³/mol. The minimum Gasteiger partial charge on any atom is -0.493 e. The molecule has 0 bridgehead atoms. The number of methoxy groups -OCH3 is 1. The van der Waals surface area contributed by atoms with Crippen molar-refractivity contribution in [3.8, 4) is 5.75 Å². The summed E-state index contributed by atoms with van der Waals surface area (Å²) < 4.78 is 11.1. The van der Waals surface area contributed by atoms with E-state index in [0.29, 0.717) is 6.54 Å². The zero-order chi connectivity index (χ0) is 19.3. The number of aliphatic imine (C=N–C) groups is 1. The molecule has 6 nitrogen and oxygen atoms in total. The summed E-state index contributed by atoms with van der Waals surface area (Å²) in [5.41, 5.74) is 1.13. The van der Waals surface area contributed by atoms with E-state index in [1.165, 1.54) is 12.8 Å². The van der Waals surface area contributed by atoms with Gasteiger partial charge in [0.2, 0.25) is 0 Å². The first kappa shape index (κ1) is 25.0. The maximum atomic E-state index is 5.99. The molecule has 0 amide bonds. The van der Waals surface area contributed by atoms with E-state index < -0.39 is 0 Å². The highest BCUT2D eigenvalue weighted by Gasteiger charge is 2.22. The number of halogens is 1. The second kappa shape index (κ2) is 14.9. The lowest BCUT2D eigenvalue weighted by Crippen LogP contribution is -2.41. The van der Waals surface area contributed by atoms with Gasteiger partial charge in [0.05, 0.1) is 13.2 Å². The summed E-state index contributed by atoms with van der Waals surface area (Å²) in [6, 6.07) is 8.21. The van der Waals surface area contributed by atoms with Gasteiger partial charge in [0.1, 0.15) is 5.75 Å². The maximum Gasteiger partial charge on any atom is 0.191 e. The second-order valence-corrected chi connectivity index (χ2v) is 7.13. The van der Waals surface area contributed by atoms with Crippen LogP contribution in [-0.4, -0.2) is 64.4 Å². The molecular weight excluding hydrogens is 467 g/mol. The molecule has 7 heteroatoms. The fourth-order valence-electron chi connectivity index (χ4n) is 2.73. The summed E-state index contributed by atoms with van der Waals surface area (Å²) in [4.78, 5) is 7.04. The average molecular weight is 504 g/mol. The van der Waals surface area contributed by atoms with Crippen LogP contribution < -0.4 is 15.4 Å². The highest BCUT2D eigenvalue weighted by molar-refractivity contribution is 14.0. The molecule has 0 atom stereocenters. The van der Waals surface area contributed by atoms with Crippen LogP contribution in [0.2, 0.25) is 0 Å². The monoisotopic (exact) mass is 504 g/mol. The normalized spacial score (nSPS) is 13.9. The van der Waals surface area contributed by atoms with E-state index in [1.807, 2.05) is 18.2 Å². The quantitative estimate of drug-likeness (QED) is 0.187. The van der Waals surface area contributed by atoms with Crippen LogP contribution in [0, 0.1) is 5.92 Å². The van der Waals surface area contributed by atoms with Crippen LogP contribution in [0.25, 0.3) is 0 Å². The first-order valence-corrected chi connectivity index (χ1v) is 10.1. The third-order valence-corrected chi connectivity index (χ3v) is 4.57. The average Bonchev–Trinajstić information content (AvgIpc) is 3.50. The summed E-state index contributed by atoms with van der Waals surface area (Å²) in [5.74, 6) is 2.56. The van der Waals surface area contributed by atoms with Crippen molar-refractivity contribution in [3.05, 3.63) is 29.8 Å². The third-order valence-electron chi connectivity index (χ3n) is 4.57. The molecule has 1 aliphatic carbocycles. The molecule has 0 aliphatic heterocycles. The highest BCUT2D eigenvalue weighted by atomic mass is 127. The highest BCUT2D eigenvalue weighted by Crippen LogP contribution is 2.30. The number of nitrogens with one attached hydrogen (secondary N) is 2. The molecule has 1 aromatic carbocycles. The number of nitrogens with zero attached hydrogens (tertiary/aromatic N) is 2. The molecule has 0 saturated heterocycles. The minimum atomic E-state index is 0. The molecule has 28 heavy (non-hydrogen) atoms. The van der Waals surface area contributed by atoms with Crippen LogP contribution in [0.1, 0.15) is 31.7 Å². The van der Waals surface area contributed by atoms with Gasteiger partial charge in [-0.05, 0) is 45.2 Å². The van der Waals surface area contributed by atoms with Gasteiger partial charge in [-0.1, -0.05) is 18.2 Å². The number of rotatable bonds is 13. The van der Waals surface area contributed by atoms with E-state index in [0.717, 1.165) is 69.0 Å².